The minimum atomic E-state index is 0. The van der Waals surface area contributed by atoms with Crippen LogP contribution < -0.4 is 0 Å². The molecule has 0 unspecified atom stereocenters. The van der Waals surface area contributed by atoms with Gasteiger partial charge < -0.3 is 4.57 Å². The van der Waals surface area contributed by atoms with Crippen molar-refractivity contribution in [1.82, 2.24) is 9.55 Å². The number of rotatable bonds is 0. The average Bonchev–Trinajstić information content (AvgIpc) is 2.20. The van der Waals surface area contributed by atoms with Crippen molar-refractivity contribution >= 4 is 40.8 Å². The van der Waals surface area contributed by atoms with Crippen molar-refractivity contribution in [3.05, 3.63) is 18.7 Å². The molecule has 0 aromatic carbocycles. The van der Waals surface area contributed by atoms with Crippen molar-refractivity contribution in [2.45, 2.75) is 0 Å². The molecule has 0 saturated carbocycles. The summed E-state index contributed by atoms with van der Waals surface area (Å²) in [4.78, 5) is 3.78. The van der Waals surface area contributed by atoms with E-state index < -0.39 is 0 Å². The van der Waals surface area contributed by atoms with Gasteiger partial charge in [-0.25, -0.2) is 4.98 Å². The molecule has 10 heavy (non-hydrogen) atoms. The zero-order valence-electron chi connectivity index (χ0n) is 5.29. The summed E-state index contributed by atoms with van der Waals surface area (Å²) < 4.78 is 5.08. The molecule has 1 rings (SSSR count). The number of nitrogens with zero attached hydrogens (tertiary/aromatic N) is 2. The molecule has 0 fully saturated rings. The molecule has 0 N–H and O–H groups in total. The summed E-state index contributed by atoms with van der Waals surface area (Å²) >= 11 is 8.53. The molecule has 3 nitrogen and oxygen atoms in total. The zero-order chi connectivity index (χ0) is 7.11. The van der Waals surface area contributed by atoms with Crippen LogP contribution in [0.3, 0.4) is 0 Å². The molecule has 0 aliphatic heterocycles. The van der Waals surface area contributed by atoms with Crippen LogP contribution in [0, 0.1) is 0 Å². The van der Waals surface area contributed by atoms with Crippen molar-refractivity contribution < 1.29 is 3.84 Å². The average molecular weight is 250 g/mol. The van der Waals surface area contributed by atoms with Crippen LogP contribution in [-0.2, 0) is 10.9 Å². The molecule has 1 aromatic heterocycles. The van der Waals surface area contributed by atoms with Gasteiger partial charge in [-0.15, -0.1) is 0 Å². The molecule has 0 saturated heterocycles. The van der Waals surface area contributed by atoms with E-state index in [1.165, 1.54) is 0 Å². The molecule has 0 spiro atoms. The molecule has 0 amide bonds. The summed E-state index contributed by atoms with van der Waals surface area (Å²) in [5.74, 6) is 0. The van der Waals surface area contributed by atoms with Gasteiger partial charge in [0.05, 0.1) is 30.1 Å². The predicted molar refractivity (Wildman–Crippen MR) is 44.5 cm³/mol. The SMILES string of the molecule is ClOCl.Cn1ccnc1.[SeH2]. The van der Waals surface area contributed by atoms with Gasteiger partial charge in [0.25, 0.3) is 0 Å². The number of hydrogen-bond acceptors (Lipinski definition) is 2. The van der Waals surface area contributed by atoms with Crippen molar-refractivity contribution in [2.24, 2.45) is 7.05 Å². The van der Waals surface area contributed by atoms with E-state index in [4.69, 9.17) is 0 Å². The standard InChI is InChI=1S/C4H6N2.Cl2O.H2Se/c1-6-3-2-5-4-6;1-3-2;/h2-4H,1H3;;1H2. The summed E-state index contributed by atoms with van der Waals surface area (Å²) in [5.41, 5.74) is 0. The van der Waals surface area contributed by atoms with Crippen molar-refractivity contribution in [3.8, 4) is 0 Å². The molecule has 0 aliphatic carbocycles. The summed E-state index contributed by atoms with van der Waals surface area (Å²) in [6.45, 7) is 0. The Hall–Kier alpha value is 0.269. The van der Waals surface area contributed by atoms with Gasteiger partial charge in [0, 0.05) is 19.4 Å². The van der Waals surface area contributed by atoms with Gasteiger partial charge in [-0.05, 0) is 0 Å². The Bertz CT molecular complexity index is 136. The van der Waals surface area contributed by atoms with Crippen LogP contribution in [-0.4, -0.2) is 26.6 Å². The number of aromatic nitrogens is 2. The van der Waals surface area contributed by atoms with Gasteiger partial charge in [-0.2, -0.15) is 3.84 Å². The number of halogens is 2. The van der Waals surface area contributed by atoms with Crippen LogP contribution >= 0.6 is 23.7 Å². The van der Waals surface area contributed by atoms with Crippen LogP contribution in [0.15, 0.2) is 18.7 Å². The number of imidazole rings is 1. The monoisotopic (exact) mass is 250 g/mol. The molecule has 0 radical (unpaired) electrons. The topological polar surface area (TPSA) is 27.1 Å². The van der Waals surface area contributed by atoms with E-state index in [9.17, 15) is 0 Å². The van der Waals surface area contributed by atoms with E-state index in [2.05, 4.69) is 32.6 Å². The normalized spacial score (nSPS) is 7.10. The molecule has 0 atom stereocenters. The third kappa shape index (κ3) is 8.27. The minimum absolute atomic E-state index is 0. The fourth-order valence-electron chi connectivity index (χ4n) is 0.326. The number of aryl methyl sites for hydroxylation is 1. The van der Waals surface area contributed by atoms with Gasteiger partial charge in [-0.3, -0.25) is 0 Å². The fraction of sp³-hybridized carbons (Fsp3) is 0.250. The Balaban J connectivity index is 0. The molecule has 0 bridgehead atoms. The summed E-state index contributed by atoms with van der Waals surface area (Å²) in [6.07, 6.45) is 5.39. The summed E-state index contributed by atoms with van der Waals surface area (Å²) in [7, 11) is 1.94. The Kier molecular flexibility index (Phi) is 12.0. The predicted octanol–water partition coefficient (Wildman–Crippen LogP) is 0.814. The van der Waals surface area contributed by atoms with Gasteiger partial charge in [-0.1, -0.05) is 0 Å². The maximum atomic E-state index is 4.26. The second-order valence-corrected chi connectivity index (χ2v) is 1.75. The summed E-state index contributed by atoms with van der Waals surface area (Å²) in [6, 6.07) is 0. The molecule has 1 heterocycles. The van der Waals surface area contributed by atoms with E-state index >= 15 is 0 Å². The molecule has 6 heteroatoms. The van der Waals surface area contributed by atoms with Crippen LogP contribution in [0.1, 0.15) is 0 Å². The first-order valence-corrected chi connectivity index (χ1v) is 2.74. The third-order valence-corrected chi connectivity index (χ3v) is 0.637. The van der Waals surface area contributed by atoms with Gasteiger partial charge >= 0.3 is 17.1 Å². The Morgan fingerprint density at radius 1 is 1.50 bits per heavy atom. The second kappa shape index (κ2) is 9.27. The first-order valence-electron chi connectivity index (χ1n) is 2.12. The Labute approximate surface area is 80.1 Å². The molecule has 60 valence electrons. The van der Waals surface area contributed by atoms with Crippen molar-refractivity contribution in [1.29, 1.82) is 0 Å². The van der Waals surface area contributed by atoms with Gasteiger partial charge in [0.2, 0.25) is 0 Å². The van der Waals surface area contributed by atoms with Crippen LogP contribution in [0.4, 0.5) is 0 Å². The Morgan fingerprint density at radius 3 is 2.10 bits per heavy atom. The second-order valence-electron chi connectivity index (χ2n) is 1.29. The molecule has 0 aliphatic rings. The molecular weight excluding hydrogens is 242 g/mol. The molecule has 1 aromatic rings. The van der Waals surface area contributed by atoms with Crippen LogP contribution in [0.5, 0.6) is 0 Å². The van der Waals surface area contributed by atoms with E-state index in [0.717, 1.165) is 0 Å². The van der Waals surface area contributed by atoms with Crippen molar-refractivity contribution in [3.63, 3.8) is 0 Å². The molecular formula is C4H8Cl2N2OSe. The van der Waals surface area contributed by atoms with E-state index in [1.807, 2.05) is 17.8 Å². The van der Waals surface area contributed by atoms with E-state index in [1.54, 1.807) is 12.5 Å². The van der Waals surface area contributed by atoms with Gasteiger partial charge in [0.15, 0.2) is 0 Å². The summed E-state index contributed by atoms with van der Waals surface area (Å²) in [5, 5.41) is 0. The third-order valence-electron chi connectivity index (χ3n) is 0.637. The quantitative estimate of drug-likeness (QED) is 0.637. The van der Waals surface area contributed by atoms with Crippen LogP contribution in [0.25, 0.3) is 0 Å². The van der Waals surface area contributed by atoms with Crippen molar-refractivity contribution in [2.75, 3.05) is 0 Å². The Morgan fingerprint density at radius 2 is 2.00 bits per heavy atom. The van der Waals surface area contributed by atoms with Crippen LogP contribution in [0.2, 0.25) is 0 Å². The number of hydrogen-bond donors (Lipinski definition) is 0. The first kappa shape index (κ1) is 12.9. The fourth-order valence-corrected chi connectivity index (χ4v) is 0.326. The van der Waals surface area contributed by atoms with E-state index in [-0.39, 0.29) is 17.1 Å². The van der Waals surface area contributed by atoms with E-state index in [0.29, 0.717) is 0 Å². The zero-order valence-corrected chi connectivity index (χ0v) is 8.90. The maximum absolute atomic E-state index is 4.26. The van der Waals surface area contributed by atoms with Gasteiger partial charge in [0.1, 0.15) is 0 Å². The first-order chi connectivity index (χ1) is 4.31.